The van der Waals surface area contributed by atoms with Crippen molar-refractivity contribution in [2.45, 2.75) is 64.6 Å². The largest absolute Gasteiger partial charge is 0.463 e. The summed E-state index contributed by atoms with van der Waals surface area (Å²) in [5, 5.41) is 0. The van der Waals surface area contributed by atoms with Crippen molar-refractivity contribution in [1.82, 2.24) is 19.5 Å². The Morgan fingerprint density at radius 3 is 2.38 bits per heavy atom. The Morgan fingerprint density at radius 1 is 1.12 bits per heavy atom. The van der Waals surface area contributed by atoms with E-state index in [0.717, 1.165) is 0 Å². The third-order valence-electron chi connectivity index (χ3n) is 4.83. The van der Waals surface area contributed by atoms with Gasteiger partial charge >= 0.3 is 17.9 Å². The Hall–Kier alpha value is -3.06. The van der Waals surface area contributed by atoms with Gasteiger partial charge in [0.05, 0.1) is 6.33 Å². The summed E-state index contributed by atoms with van der Waals surface area (Å²) in [6, 6.07) is 0. The van der Waals surface area contributed by atoms with E-state index in [1.54, 1.807) is 20.8 Å². The van der Waals surface area contributed by atoms with E-state index < -0.39 is 42.4 Å². The van der Waals surface area contributed by atoms with Crippen molar-refractivity contribution in [1.29, 1.82) is 0 Å². The number of H-pyrrole nitrogens is 1. The maximum Gasteiger partial charge on any atom is 0.306 e. The number of aromatic nitrogens is 4. The fraction of sp³-hybridized carbons (Fsp3) is 0.579. The van der Waals surface area contributed by atoms with Gasteiger partial charge in [-0.05, 0) is 0 Å². The van der Waals surface area contributed by atoms with Crippen molar-refractivity contribution in [2.75, 3.05) is 12.3 Å². The number of anilines is 1. The summed E-state index contributed by atoms with van der Waals surface area (Å²) in [6.07, 6.45) is -2.14. The van der Waals surface area contributed by atoms with Crippen molar-refractivity contribution in [2.24, 2.45) is 0 Å². The van der Waals surface area contributed by atoms with E-state index >= 15 is 0 Å². The number of esters is 3. The average Bonchev–Trinajstić information content (AvgIpc) is 3.33. The van der Waals surface area contributed by atoms with Gasteiger partial charge < -0.3 is 29.7 Å². The molecular weight excluding hydrogens is 442 g/mol. The third-order valence-corrected chi connectivity index (χ3v) is 5.12. The van der Waals surface area contributed by atoms with Crippen molar-refractivity contribution in [3.05, 3.63) is 11.0 Å². The van der Waals surface area contributed by atoms with Crippen LogP contribution in [0.15, 0.2) is 6.33 Å². The summed E-state index contributed by atoms with van der Waals surface area (Å²) in [4.78, 5) is 47.1. The Bertz CT molecular complexity index is 1070. The van der Waals surface area contributed by atoms with Crippen LogP contribution in [-0.2, 0) is 33.3 Å². The summed E-state index contributed by atoms with van der Waals surface area (Å²) in [6.45, 7) is 4.72. The molecule has 1 aliphatic rings. The fourth-order valence-corrected chi connectivity index (χ4v) is 3.47. The highest BCUT2D eigenvalue weighted by atomic mass is 32.1. The number of fused-ring (bicyclic) bond motifs is 1. The molecule has 3 heterocycles. The summed E-state index contributed by atoms with van der Waals surface area (Å²) in [5.74, 6) is -1.43. The second kappa shape index (κ2) is 10.0. The predicted octanol–water partition coefficient (Wildman–Crippen LogP) is 1.57. The number of nitrogen functional groups attached to an aromatic ring is 1. The van der Waals surface area contributed by atoms with Crippen LogP contribution in [0, 0.1) is 4.64 Å². The number of imidazole rings is 1. The molecule has 32 heavy (non-hydrogen) atoms. The molecule has 0 aromatic carbocycles. The van der Waals surface area contributed by atoms with E-state index in [1.165, 1.54) is 10.9 Å². The number of nitrogens with two attached hydrogens (primary N) is 1. The first-order chi connectivity index (χ1) is 15.3. The first-order valence-electron chi connectivity index (χ1n) is 10.2. The molecule has 3 N–H and O–H groups in total. The fourth-order valence-electron chi connectivity index (χ4n) is 3.23. The highest BCUT2D eigenvalue weighted by Crippen LogP contribution is 2.36. The minimum Gasteiger partial charge on any atom is -0.463 e. The predicted molar refractivity (Wildman–Crippen MR) is 113 cm³/mol. The number of aromatic amines is 1. The van der Waals surface area contributed by atoms with E-state index in [9.17, 15) is 14.4 Å². The first-order valence-corrected chi connectivity index (χ1v) is 10.6. The molecule has 1 saturated heterocycles. The number of nitrogens with zero attached hydrogens (tertiary/aromatic N) is 3. The Labute approximate surface area is 188 Å². The molecule has 0 saturated carbocycles. The van der Waals surface area contributed by atoms with Gasteiger partial charge in [0.2, 0.25) is 0 Å². The lowest BCUT2D eigenvalue weighted by Gasteiger charge is -2.24. The zero-order valence-electron chi connectivity index (χ0n) is 17.9. The van der Waals surface area contributed by atoms with Crippen LogP contribution >= 0.6 is 12.2 Å². The number of carbonyl (C=O) groups excluding carboxylic acids is 3. The van der Waals surface area contributed by atoms with Gasteiger partial charge in [-0.25, -0.2) is 9.97 Å². The SMILES string of the molecule is CCC(=O)OC[C@H]1O[C@@H](n2cnc3c(=S)nc(N)[nH]c32)[C@@H](OC(=O)CC)[C@@H]1OC(=O)CC. The van der Waals surface area contributed by atoms with Crippen molar-refractivity contribution >= 4 is 47.2 Å². The van der Waals surface area contributed by atoms with Crippen LogP contribution in [0.4, 0.5) is 5.95 Å². The van der Waals surface area contributed by atoms with Crippen molar-refractivity contribution < 1.29 is 33.3 Å². The summed E-state index contributed by atoms with van der Waals surface area (Å²) in [5.41, 5.74) is 6.54. The van der Waals surface area contributed by atoms with Gasteiger partial charge in [-0.15, -0.1) is 0 Å². The molecule has 174 valence electrons. The number of carbonyl (C=O) groups is 3. The maximum absolute atomic E-state index is 12.2. The molecule has 0 unspecified atom stereocenters. The van der Waals surface area contributed by atoms with Crippen LogP contribution in [0.3, 0.4) is 0 Å². The summed E-state index contributed by atoms with van der Waals surface area (Å²) in [7, 11) is 0. The maximum atomic E-state index is 12.2. The second-order valence-electron chi connectivity index (χ2n) is 6.99. The van der Waals surface area contributed by atoms with Gasteiger partial charge in [0, 0.05) is 19.3 Å². The third kappa shape index (κ3) is 4.88. The van der Waals surface area contributed by atoms with E-state index in [2.05, 4.69) is 15.0 Å². The van der Waals surface area contributed by atoms with Crippen LogP contribution < -0.4 is 5.73 Å². The number of nitrogens with one attached hydrogen (secondary N) is 1. The minimum atomic E-state index is -1.04. The van der Waals surface area contributed by atoms with Gasteiger partial charge in [-0.3, -0.25) is 19.0 Å². The van der Waals surface area contributed by atoms with Crippen LogP contribution in [0.5, 0.6) is 0 Å². The number of rotatable bonds is 8. The van der Waals surface area contributed by atoms with E-state index in [4.69, 9.17) is 36.9 Å². The van der Waals surface area contributed by atoms with Gasteiger partial charge in [-0.2, -0.15) is 0 Å². The topological polar surface area (TPSA) is 161 Å². The minimum absolute atomic E-state index is 0.0618. The van der Waals surface area contributed by atoms with E-state index in [-0.39, 0.29) is 36.5 Å². The number of hydrogen-bond acceptors (Lipinski definition) is 11. The Balaban J connectivity index is 2.04. The smallest absolute Gasteiger partial charge is 0.306 e. The highest BCUT2D eigenvalue weighted by molar-refractivity contribution is 7.71. The molecule has 2 aromatic heterocycles. The van der Waals surface area contributed by atoms with E-state index in [0.29, 0.717) is 11.2 Å². The van der Waals surface area contributed by atoms with Gasteiger partial charge in [0.15, 0.2) is 29.0 Å². The summed E-state index contributed by atoms with van der Waals surface area (Å²) < 4.78 is 24.2. The van der Waals surface area contributed by atoms with Crippen LogP contribution in [0.25, 0.3) is 11.2 Å². The molecular formula is C19H25N5O7S. The molecule has 2 aromatic rings. The van der Waals surface area contributed by atoms with Crippen LogP contribution in [-0.4, -0.2) is 62.3 Å². The molecule has 1 aliphatic heterocycles. The molecule has 0 bridgehead atoms. The lowest BCUT2D eigenvalue weighted by Crippen LogP contribution is -2.41. The van der Waals surface area contributed by atoms with Crippen molar-refractivity contribution in [3.8, 4) is 0 Å². The van der Waals surface area contributed by atoms with Crippen LogP contribution in [0.2, 0.25) is 0 Å². The summed E-state index contributed by atoms with van der Waals surface area (Å²) >= 11 is 5.21. The number of ether oxygens (including phenoxy) is 4. The molecule has 1 fully saturated rings. The molecule has 0 amide bonds. The molecule has 13 heteroatoms. The highest BCUT2D eigenvalue weighted by Gasteiger charge is 2.51. The lowest BCUT2D eigenvalue weighted by atomic mass is 10.1. The Kier molecular flexibility index (Phi) is 7.40. The zero-order chi connectivity index (χ0) is 23.4. The first kappa shape index (κ1) is 23.6. The zero-order valence-corrected chi connectivity index (χ0v) is 18.7. The van der Waals surface area contributed by atoms with Gasteiger partial charge in [0.25, 0.3) is 0 Å². The normalized spacial score (nSPS) is 22.6. The quantitative estimate of drug-likeness (QED) is 0.329. The van der Waals surface area contributed by atoms with Crippen LogP contribution in [0.1, 0.15) is 46.3 Å². The molecule has 4 atom stereocenters. The standard InChI is InChI=1S/C19H25N5O7S/c1-4-10(25)28-7-9-14(30-11(26)5-2)15(31-12(27)6-3)18(29-9)24-8-21-13-16(24)22-19(20)23-17(13)32/h8-9,14-15,18H,4-7H2,1-3H3,(H3,20,22,23,32)/t9-,14-,15+,18-/m1/s1. The van der Waals surface area contributed by atoms with Gasteiger partial charge in [-0.1, -0.05) is 33.0 Å². The molecule has 0 aliphatic carbocycles. The molecule has 0 spiro atoms. The monoisotopic (exact) mass is 467 g/mol. The van der Waals surface area contributed by atoms with E-state index in [1.807, 2.05) is 0 Å². The molecule has 12 nitrogen and oxygen atoms in total. The molecule has 3 rings (SSSR count). The lowest BCUT2D eigenvalue weighted by molar-refractivity contribution is -0.169. The average molecular weight is 468 g/mol. The van der Waals surface area contributed by atoms with Crippen molar-refractivity contribution in [3.63, 3.8) is 0 Å². The van der Waals surface area contributed by atoms with Gasteiger partial charge in [0.1, 0.15) is 23.9 Å². The molecule has 0 radical (unpaired) electrons. The number of hydrogen-bond donors (Lipinski definition) is 2. The Morgan fingerprint density at radius 2 is 1.75 bits per heavy atom. The second-order valence-corrected chi connectivity index (χ2v) is 7.38.